The molecule has 0 aromatic heterocycles. The largest absolute Gasteiger partial charge is 0.472 e. The van der Waals surface area contributed by atoms with Crippen LogP contribution in [-0.4, -0.2) is 302 Å². The fourth-order valence-electron chi connectivity index (χ4n) is 10.6. The molecule has 82 heavy (non-hydrogen) atoms. The third kappa shape index (κ3) is 19.5. The second-order valence-corrected chi connectivity index (χ2v) is 23.3. The van der Waals surface area contributed by atoms with Crippen molar-refractivity contribution in [1.82, 2.24) is 0 Å². The van der Waals surface area contributed by atoms with Gasteiger partial charge in [0.05, 0.1) is 45.2 Å². The van der Waals surface area contributed by atoms with Crippen molar-refractivity contribution in [2.45, 2.75) is 262 Å². The first-order valence-corrected chi connectivity index (χ1v) is 29.8. The lowest BCUT2D eigenvalue weighted by Crippen LogP contribution is -2.67. The van der Waals surface area contributed by atoms with E-state index in [0.717, 1.165) is 32.1 Å². The molecule has 0 bridgehead atoms. The van der Waals surface area contributed by atoms with Gasteiger partial charge in [0.2, 0.25) is 0 Å². The van der Waals surface area contributed by atoms with Crippen LogP contribution in [0.25, 0.3) is 0 Å². The smallest absolute Gasteiger partial charge is 0.463 e. The van der Waals surface area contributed by atoms with Gasteiger partial charge in [-0.15, -0.1) is 0 Å². The summed E-state index contributed by atoms with van der Waals surface area (Å²) in [6.45, 7) is -2.96. The van der Waals surface area contributed by atoms with Crippen molar-refractivity contribution in [3.05, 3.63) is 0 Å². The molecule has 0 amide bonds. The Morgan fingerprint density at radius 1 is 0.463 bits per heavy atom. The molecule has 4 saturated heterocycles. The number of hydrogen-bond donors (Lipinski definition) is 19. The topological polar surface area (TPSA) is 511 Å². The molecular weight excluding hydrogens is 1130 g/mol. The highest BCUT2D eigenvalue weighted by Crippen LogP contribution is 2.50. The number of hydrogen-bond acceptors (Lipinski definition) is 30. The molecule has 0 radical (unpaired) electrons. The zero-order valence-electron chi connectivity index (χ0n) is 45.8. The Labute approximate surface area is 474 Å². The number of carbonyl (C=O) groups excluding carboxylic acids is 1. The maximum absolute atomic E-state index is 13.8. The van der Waals surface area contributed by atoms with Gasteiger partial charge in [-0.25, -0.2) is 4.57 Å². The van der Waals surface area contributed by atoms with Crippen molar-refractivity contribution in [1.29, 1.82) is 0 Å². The number of rotatable bonds is 33. The van der Waals surface area contributed by atoms with Crippen LogP contribution >= 0.6 is 7.82 Å². The number of unbranched alkanes of at least 4 members (excludes halogenated alkanes) is 12. The minimum atomic E-state index is -5.60. The normalized spacial score (nSPS) is 42.1. The Morgan fingerprint density at radius 3 is 1.37 bits per heavy atom. The molecule has 32 heteroatoms. The van der Waals surface area contributed by atoms with E-state index >= 15 is 0 Å². The maximum Gasteiger partial charge on any atom is 0.472 e. The summed E-state index contributed by atoms with van der Waals surface area (Å²) in [4.78, 5) is 23.6. The fourth-order valence-corrected chi connectivity index (χ4v) is 11.6. The standard InChI is InChI=1S/C50H91O31P/c1-2-3-4-5-6-7-8-9-10-11-12-13-14-15-30(54)72-19-23(53)20-75-82(70,71)81-46-24(31(55)37(61)42(66)47(46)80-50-45(69)40(64)34(58)27(18-52)78-50)16-25-32(56)38(62)35(59)28(76-25)21-73-49-44(68)41(65)36(60)29(79-49)22-74-48-43(67)39(63)33(57)26(17-51)77-48/h23-29,31-53,55-69H,2-22H2,1H3,(H,70,71)/t23-,24?,25+,26?,27?,28?,29?,31?,32-,33+,34-,35+,36+,37-,38?,39?,40?,41?,42?,43+,44+,45-,46-,47-,48-,49-,50-/m1/s1. The van der Waals surface area contributed by atoms with Crippen LogP contribution in [0.2, 0.25) is 0 Å². The number of ether oxygens (including phenoxy) is 8. The van der Waals surface area contributed by atoms with E-state index in [0.29, 0.717) is 6.42 Å². The number of aliphatic hydroxyl groups excluding tert-OH is 18. The summed E-state index contributed by atoms with van der Waals surface area (Å²) in [6, 6.07) is 0. The molecule has 4 aliphatic heterocycles. The molecule has 19 N–H and O–H groups in total. The van der Waals surface area contributed by atoms with Crippen molar-refractivity contribution in [3.63, 3.8) is 0 Å². The number of aliphatic hydroxyl groups is 18. The van der Waals surface area contributed by atoms with Crippen molar-refractivity contribution in [2.75, 3.05) is 39.6 Å². The van der Waals surface area contributed by atoms with Gasteiger partial charge in [-0.3, -0.25) is 13.8 Å². The van der Waals surface area contributed by atoms with Crippen LogP contribution in [0, 0.1) is 5.92 Å². The zero-order valence-corrected chi connectivity index (χ0v) is 46.7. The lowest BCUT2D eigenvalue weighted by molar-refractivity contribution is -0.339. The summed E-state index contributed by atoms with van der Waals surface area (Å²) < 4.78 is 68.3. The highest BCUT2D eigenvalue weighted by atomic mass is 31.2. The highest BCUT2D eigenvalue weighted by molar-refractivity contribution is 7.47. The van der Waals surface area contributed by atoms with E-state index in [-0.39, 0.29) is 6.42 Å². The van der Waals surface area contributed by atoms with Gasteiger partial charge in [0.25, 0.3) is 0 Å². The van der Waals surface area contributed by atoms with E-state index < -0.39 is 225 Å². The van der Waals surface area contributed by atoms with Gasteiger partial charge in [0.15, 0.2) is 18.9 Å². The predicted octanol–water partition coefficient (Wildman–Crippen LogP) is -6.35. The van der Waals surface area contributed by atoms with Gasteiger partial charge < -0.3 is 135 Å². The minimum Gasteiger partial charge on any atom is -0.463 e. The lowest BCUT2D eigenvalue weighted by atomic mass is 9.74. The summed E-state index contributed by atoms with van der Waals surface area (Å²) >= 11 is 0. The Hall–Kier alpha value is -1.42. The van der Waals surface area contributed by atoms with Crippen molar-refractivity contribution < 1.29 is 153 Å². The van der Waals surface area contributed by atoms with Gasteiger partial charge in [0, 0.05) is 12.3 Å². The first-order chi connectivity index (χ1) is 38.9. The molecule has 5 aliphatic rings. The minimum absolute atomic E-state index is 0.0362. The third-order valence-corrected chi connectivity index (χ3v) is 16.6. The summed E-state index contributed by atoms with van der Waals surface area (Å²) in [5.41, 5.74) is 0. The van der Waals surface area contributed by atoms with Gasteiger partial charge in [-0.2, -0.15) is 0 Å². The molecule has 5 rings (SSSR count). The second kappa shape index (κ2) is 34.4. The van der Waals surface area contributed by atoms with Gasteiger partial charge in [-0.1, -0.05) is 84.0 Å². The molecule has 0 aromatic carbocycles. The summed E-state index contributed by atoms with van der Waals surface area (Å²) in [5, 5.41) is 192. The summed E-state index contributed by atoms with van der Waals surface area (Å²) in [6.07, 6.45) is -37.6. The average Bonchev–Trinajstić information content (AvgIpc) is 3.66. The quantitative estimate of drug-likeness (QED) is 0.0165. The van der Waals surface area contributed by atoms with Crippen molar-refractivity contribution >= 4 is 13.8 Å². The Kier molecular flexibility index (Phi) is 29.9. The van der Waals surface area contributed by atoms with Gasteiger partial charge in [-0.05, 0) is 12.8 Å². The van der Waals surface area contributed by atoms with Crippen LogP contribution in [0.4, 0.5) is 0 Å². The zero-order chi connectivity index (χ0) is 60.6. The summed E-state index contributed by atoms with van der Waals surface area (Å²) in [7, 11) is -5.60. The monoisotopic (exact) mass is 1220 g/mol. The fraction of sp³-hybridized carbons (Fsp3) is 0.980. The first-order valence-electron chi connectivity index (χ1n) is 28.3. The van der Waals surface area contributed by atoms with E-state index in [9.17, 15) is 106 Å². The Morgan fingerprint density at radius 2 is 0.866 bits per heavy atom. The van der Waals surface area contributed by atoms with Gasteiger partial charge >= 0.3 is 13.8 Å². The number of esters is 1. The van der Waals surface area contributed by atoms with Crippen LogP contribution in [0.5, 0.6) is 0 Å². The van der Waals surface area contributed by atoms with E-state index in [1.54, 1.807) is 0 Å². The molecule has 31 nitrogen and oxygen atoms in total. The molecule has 28 atom stereocenters. The first kappa shape index (κ1) is 71.3. The Bertz CT molecular complexity index is 1860. The highest BCUT2D eigenvalue weighted by Gasteiger charge is 2.58. The van der Waals surface area contributed by atoms with Crippen LogP contribution < -0.4 is 0 Å². The third-order valence-electron chi connectivity index (χ3n) is 15.6. The van der Waals surface area contributed by atoms with Crippen molar-refractivity contribution in [3.8, 4) is 0 Å². The van der Waals surface area contributed by atoms with Crippen LogP contribution in [0.15, 0.2) is 0 Å². The van der Waals surface area contributed by atoms with E-state index in [4.69, 9.17) is 46.9 Å². The van der Waals surface area contributed by atoms with E-state index in [2.05, 4.69) is 6.92 Å². The number of phosphoric ester groups is 1. The van der Waals surface area contributed by atoms with E-state index in [1.807, 2.05) is 0 Å². The Balaban J connectivity index is 1.23. The average molecular weight is 1220 g/mol. The molecule has 482 valence electrons. The lowest BCUT2D eigenvalue weighted by Gasteiger charge is -2.50. The number of phosphoric acid groups is 1. The predicted molar refractivity (Wildman–Crippen MR) is 272 cm³/mol. The second-order valence-electron chi connectivity index (χ2n) is 21.9. The molecular formula is C50H91O31P. The number of carbonyl (C=O) groups is 1. The van der Waals surface area contributed by atoms with Crippen LogP contribution in [0.1, 0.15) is 103 Å². The van der Waals surface area contributed by atoms with Crippen molar-refractivity contribution in [2.24, 2.45) is 5.92 Å². The van der Waals surface area contributed by atoms with Gasteiger partial charge in [0.1, 0.15) is 135 Å². The molecule has 1 aliphatic carbocycles. The van der Waals surface area contributed by atoms with E-state index in [1.165, 1.54) is 44.9 Å². The van der Waals surface area contributed by atoms with Crippen LogP contribution in [-0.2, 0) is 56.3 Å². The molecule has 4 heterocycles. The molecule has 5 fully saturated rings. The summed E-state index contributed by atoms with van der Waals surface area (Å²) in [5.74, 6) is -2.56. The van der Waals surface area contributed by atoms with Crippen LogP contribution in [0.3, 0.4) is 0 Å². The molecule has 1 saturated carbocycles. The molecule has 0 aromatic rings. The molecule has 12 unspecified atom stereocenters. The maximum atomic E-state index is 13.8. The SMILES string of the molecule is CCCCCCCCCCCCCCCC(=O)OC[C@@H](O)COP(=O)(O)O[C@@H]1C(C[C@@H]2OC(CO[C@@H]3OC(CO[C@@H]4OC(CO)[C@H](O)C(O)[C@@H]4O)[C@H](O)C(O)[C@@H]3O)[C@H](O)C(O)[C@@H]2O)C(O)[C@@H](O)C(O)[C@H]1O[C@H]1OC(CO)[C@@H](O)C(O)[C@H]1O. The molecule has 0 spiro atoms.